The molecule has 0 saturated carbocycles. The summed E-state index contributed by atoms with van der Waals surface area (Å²) in [4.78, 5) is 6.67. The van der Waals surface area contributed by atoms with Gasteiger partial charge in [0.1, 0.15) is 0 Å². The van der Waals surface area contributed by atoms with Gasteiger partial charge in [-0.25, -0.2) is 0 Å². The van der Waals surface area contributed by atoms with Crippen LogP contribution in [-0.2, 0) is 22.6 Å². The maximum absolute atomic E-state index is 5.41. The Morgan fingerprint density at radius 3 is 2.79 bits per heavy atom. The Labute approximate surface area is 145 Å². The molecule has 0 radical (unpaired) electrons. The summed E-state index contributed by atoms with van der Waals surface area (Å²) in [7, 11) is 1.78. The average molecular weight is 334 g/mol. The van der Waals surface area contributed by atoms with Crippen molar-refractivity contribution in [2.45, 2.75) is 20.0 Å². The van der Waals surface area contributed by atoms with Gasteiger partial charge >= 0.3 is 0 Å². The van der Waals surface area contributed by atoms with Crippen molar-refractivity contribution < 1.29 is 9.47 Å². The number of nitrogens with zero attached hydrogens (tertiary/aromatic N) is 2. The van der Waals surface area contributed by atoms with E-state index in [2.05, 4.69) is 44.8 Å². The lowest BCUT2D eigenvalue weighted by Crippen LogP contribution is -2.38. The zero-order valence-electron chi connectivity index (χ0n) is 14.9. The first kappa shape index (κ1) is 18.7. The molecule has 0 unspecified atom stereocenters. The molecule has 1 saturated heterocycles. The molecule has 1 fully saturated rings. The predicted octanol–water partition coefficient (Wildman–Crippen LogP) is 1.22. The lowest BCUT2D eigenvalue weighted by molar-refractivity contribution is 0.0342. The van der Waals surface area contributed by atoms with Crippen molar-refractivity contribution in [3.63, 3.8) is 0 Å². The van der Waals surface area contributed by atoms with Gasteiger partial charge in [-0.1, -0.05) is 24.3 Å². The smallest absolute Gasteiger partial charge is 0.191 e. The van der Waals surface area contributed by atoms with Gasteiger partial charge in [0.2, 0.25) is 0 Å². The van der Waals surface area contributed by atoms with Crippen LogP contribution in [0.1, 0.15) is 18.1 Å². The Bertz CT molecular complexity index is 502. The molecule has 1 aromatic rings. The maximum atomic E-state index is 5.41. The van der Waals surface area contributed by atoms with Gasteiger partial charge < -0.3 is 20.1 Å². The van der Waals surface area contributed by atoms with Crippen LogP contribution in [0.2, 0.25) is 0 Å². The SMILES string of the molecule is CCOCCNC(=NC)NCc1cccc(CN2CCOCC2)c1. The van der Waals surface area contributed by atoms with E-state index in [1.54, 1.807) is 7.05 Å². The number of hydrogen-bond acceptors (Lipinski definition) is 4. The van der Waals surface area contributed by atoms with Crippen molar-refractivity contribution in [2.24, 2.45) is 4.99 Å². The molecule has 6 heteroatoms. The Morgan fingerprint density at radius 1 is 1.25 bits per heavy atom. The van der Waals surface area contributed by atoms with E-state index >= 15 is 0 Å². The van der Waals surface area contributed by atoms with E-state index in [0.29, 0.717) is 6.61 Å². The number of rotatable bonds is 8. The molecule has 0 amide bonds. The minimum Gasteiger partial charge on any atom is -0.380 e. The summed E-state index contributed by atoms with van der Waals surface area (Å²) in [5, 5.41) is 6.59. The van der Waals surface area contributed by atoms with Gasteiger partial charge in [-0.3, -0.25) is 9.89 Å². The fourth-order valence-corrected chi connectivity index (χ4v) is 2.65. The van der Waals surface area contributed by atoms with Crippen molar-refractivity contribution in [3.8, 4) is 0 Å². The van der Waals surface area contributed by atoms with Gasteiger partial charge in [0.15, 0.2) is 5.96 Å². The van der Waals surface area contributed by atoms with Crippen LogP contribution < -0.4 is 10.6 Å². The van der Waals surface area contributed by atoms with Crippen LogP contribution in [0, 0.1) is 0 Å². The van der Waals surface area contributed by atoms with Gasteiger partial charge in [-0.15, -0.1) is 0 Å². The van der Waals surface area contributed by atoms with E-state index in [1.165, 1.54) is 11.1 Å². The van der Waals surface area contributed by atoms with Gasteiger partial charge in [-0.05, 0) is 18.1 Å². The van der Waals surface area contributed by atoms with Crippen molar-refractivity contribution >= 4 is 5.96 Å². The first-order chi connectivity index (χ1) is 11.8. The third-order valence-electron chi connectivity index (χ3n) is 3.93. The average Bonchev–Trinajstić information content (AvgIpc) is 2.62. The number of ether oxygens (including phenoxy) is 2. The second-order valence-corrected chi connectivity index (χ2v) is 5.76. The third-order valence-corrected chi connectivity index (χ3v) is 3.93. The topological polar surface area (TPSA) is 58.1 Å². The number of morpholine rings is 1. The van der Waals surface area contributed by atoms with Gasteiger partial charge in [0.05, 0.1) is 19.8 Å². The van der Waals surface area contributed by atoms with E-state index < -0.39 is 0 Å². The first-order valence-corrected chi connectivity index (χ1v) is 8.72. The number of guanidine groups is 1. The quantitative estimate of drug-likeness (QED) is 0.425. The highest BCUT2D eigenvalue weighted by atomic mass is 16.5. The summed E-state index contributed by atoms with van der Waals surface area (Å²) in [5.74, 6) is 0.799. The molecule has 0 aliphatic carbocycles. The molecule has 0 atom stereocenters. The number of benzene rings is 1. The summed E-state index contributed by atoms with van der Waals surface area (Å²) < 4.78 is 10.7. The lowest BCUT2D eigenvalue weighted by atomic mass is 10.1. The summed E-state index contributed by atoms with van der Waals surface area (Å²) in [6.45, 7) is 9.62. The van der Waals surface area contributed by atoms with Crippen LogP contribution in [0.15, 0.2) is 29.3 Å². The number of nitrogens with one attached hydrogen (secondary N) is 2. The van der Waals surface area contributed by atoms with E-state index in [1.807, 2.05) is 6.92 Å². The number of aliphatic imine (C=N–C) groups is 1. The minimum atomic E-state index is 0.687. The van der Waals surface area contributed by atoms with Crippen molar-refractivity contribution in [1.82, 2.24) is 15.5 Å². The van der Waals surface area contributed by atoms with Crippen LogP contribution in [-0.4, -0.2) is 64.0 Å². The van der Waals surface area contributed by atoms with Crippen molar-refractivity contribution in [2.75, 3.05) is 53.1 Å². The predicted molar refractivity (Wildman–Crippen MR) is 97.2 cm³/mol. The van der Waals surface area contributed by atoms with Crippen LogP contribution in [0.3, 0.4) is 0 Å². The van der Waals surface area contributed by atoms with Crippen molar-refractivity contribution in [1.29, 1.82) is 0 Å². The molecule has 0 bridgehead atoms. The molecule has 1 aliphatic heterocycles. The second-order valence-electron chi connectivity index (χ2n) is 5.76. The highest BCUT2D eigenvalue weighted by Gasteiger charge is 2.10. The molecule has 1 heterocycles. The van der Waals surface area contributed by atoms with Crippen LogP contribution >= 0.6 is 0 Å². The Hall–Kier alpha value is -1.63. The molecule has 0 aromatic heterocycles. The normalized spacial score (nSPS) is 16.2. The summed E-state index contributed by atoms with van der Waals surface area (Å²) in [5.41, 5.74) is 2.60. The van der Waals surface area contributed by atoms with Crippen molar-refractivity contribution in [3.05, 3.63) is 35.4 Å². The second kappa shape index (κ2) is 11.0. The summed E-state index contributed by atoms with van der Waals surface area (Å²) in [6, 6.07) is 8.71. The lowest BCUT2D eigenvalue weighted by Gasteiger charge is -2.26. The molecule has 1 aromatic carbocycles. The van der Waals surface area contributed by atoms with Crippen LogP contribution in [0.5, 0.6) is 0 Å². The first-order valence-electron chi connectivity index (χ1n) is 8.72. The highest BCUT2D eigenvalue weighted by Crippen LogP contribution is 2.10. The van der Waals surface area contributed by atoms with Gasteiger partial charge in [-0.2, -0.15) is 0 Å². The van der Waals surface area contributed by atoms with Gasteiger partial charge in [0.25, 0.3) is 0 Å². The maximum Gasteiger partial charge on any atom is 0.191 e. The van der Waals surface area contributed by atoms with E-state index in [4.69, 9.17) is 9.47 Å². The Morgan fingerprint density at radius 2 is 2.04 bits per heavy atom. The number of hydrogen-bond donors (Lipinski definition) is 2. The zero-order chi connectivity index (χ0) is 17.0. The summed E-state index contributed by atoms with van der Waals surface area (Å²) in [6.07, 6.45) is 0. The molecule has 24 heavy (non-hydrogen) atoms. The molecular formula is C18H30N4O2. The molecule has 1 aliphatic rings. The monoisotopic (exact) mass is 334 g/mol. The Kier molecular flexibility index (Phi) is 8.59. The van der Waals surface area contributed by atoms with E-state index in [0.717, 1.165) is 58.5 Å². The third kappa shape index (κ3) is 6.86. The fraction of sp³-hybridized carbons (Fsp3) is 0.611. The highest BCUT2D eigenvalue weighted by molar-refractivity contribution is 5.79. The molecule has 2 rings (SSSR count). The minimum absolute atomic E-state index is 0.687. The Balaban J connectivity index is 1.78. The van der Waals surface area contributed by atoms with Gasteiger partial charge in [0, 0.05) is 46.4 Å². The largest absolute Gasteiger partial charge is 0.380 e. The molecule has 6 nitrogen and oxygen atoms in total. The summed E-state index contributed by atoms with van der Waals surface area (Å²) >= 11 is 0. The molecule has 0 spiro atoms. The standard InChI is InChI=1S/C18H30N4O2/c1-3-23-10-7-20-18(19-2)21-14-16-5-4-6-17(13-16)15-22-8-11-24-12-9-22/h4-6,13H,3,7-12,14-15H2,1-2H3,(H2,19,20,21). The van der Waals surface area contributed by atoms with E-state index in [9.17, 15) is 0 Å². The molecule has 134 valence electrons. The van der Waals surface area contributed by atoms with E-state index in [-0.39, 0.29) is 0 Å². The zero-order valence-corrected chi connectivity index (χ0v) is 14.9. The molecular weight excluding hydrogens is 304 g/mol. The van der Waals surface area contributed by atoms with Crippen LogP contribution in [0.4, 0.5) is 0 Å². The van der Waals surface area contributed by atoms with Crippen LogP contribution in [0.25, 0.3) is 0 Å². The fourth-order valence-electron chi connectivity index (χ4n) is 2.65. The molecule has 2 N–H and O–H groups in total.